The lowest BCUT2D eigenvalue weighted by atomic mass is 9.79. The van der Waals surface area contributed by atoms with Crippen molar-refractivity contribution < 1.29 is 5.11 Å². The van der Waals surface area contributed by atoms with E-state index in [9.17, 15) is 5.11 Å². The summed E-state index contributed by atoms with van der Waals surface area (Å²) in [5.74, 6) is 1.24. The van der Waals surface area contributed by atoms with Gasteiger partial charge in [-0.05, 0) is 24.7 Å². The minimum Gasteiger partial charge on any atom is -0.393 e. The highest BCUT2D eigenvalue weighted by Gasteiger charge is 2.24. The molecule has 0 aromatic rings. The average molecular weight is 142 g/mol. The number of aliphatic hydroxyl groups is 1. The number of hydrogen-bond donors (Lipinski definition) is 1. The van der Waals surface area contributed by atoms with Crippen molar-refractivity contribution in [3.05, 3.63) is 0 Å². The molecule has 0 aliphatic heterocycles. The Kier molecular flexibility index (Phi) is 2.72. The van der Waals surface area contributed by atoms with E-state index < -0.39 is 0 Å². The topological polar surface area (TPSA) is 20.2 Å². The molecule has 1 fully saturated rings. The summed E-state index contributed by atoms with van der Waals surface area (Å²) in [4.78, 5) is 0. The lowest BCUT2D eigenvalue weighted by Crippen LogP contribution is -2.28. The van der Waals surface area contributed by atoms with Crippen molar-refractivity contribution in [2.24, 2.45) is 11.8 Å². The summed E-state index contributed by atoms with van der Waals surface area (Å²) < 4.78 is 0. The van der Waals surface area contributed by atoms with Gasteiger partial charge in [-0.15, -0.1) is 0 Å². The van der Waals surface area contributed by atoms with E-state index in [1.54, 1.807) is 0 Å². The molecule has 1 aliphatic rings. The molecule has 1 saturated carbocycles. The Labute approximate surface area is 63.4 Å². The van der Waals surface area contributed by atoms with Crippen LogP contribution in [-0.2, 0) is 0 Å². The molecule has 0 aromatic heterocycles. The maximum absolute atomic E-state index is 9.54. The molecule has 1 heteroatoms. The van der Waals surface area contributed by atoms with Crippen LogP contribution in [0, 0.1) is 11.8 Å². The molecule has 0 spiro atoms. The van der Waals surface area contributed by atoms with Crippen LogP contribution in [0.2, 0.25) is 0 Å². The van der Waals surface area contributed by atoms with E-state index >= 15 is 0 Å². The number of aliphatic hydroxyl groups excluding tert-OH is 1. The molecule has 0 bridgehead atoms. The molecule has 60 valence electrons. The summed E-state index contributed by atoms with van der Waals surface area (Å²) in [6, 6.07) is 0. The first-order valence-corrected chi connectivity index (χ1v) is 4.40. The van der Waals surface area contributed by atoms with E-state index in [0.717, 1.165) is 6.42 Å². The van der Waals surface area contributed by atoms with Crippen molar-refractivity contribution in [1.29, 1.82) is 0 Å². The van der Waals surface area contributed by atoms with Crippen molar-refractivity contribution in [2.75, 3.05) is 0 Å². The molecule has 0 heterocycles. The fraction of sp³-hybridized carbons (Fsp3) is 1.00. The normalized spacial score (nSPS) is 34.8. The summed E-state index contributed by atoms with van der Waals surface area (Å²) in [7, 11) is 0. The minimum absolute atomic E-state index is 0.00579. The molecule has 0 aromatic carbocycles. The van der Waals surface area contributed by atoms with Gasteiger partial charge in [0, 0.05) is 0 Å². The molecular formula is C9H18O. The van der Waals surface area contributed by atoms with Crippen LogP contribution in [0.4, 0.5) is 0 Å². The highest BCUT2D eigenvalue weighted by Crippen LogP contribution is 2.29. The Morgan fingerprint density at radius 3 is 2.20 bits per heavy atom. The second-order valence-corrected chi connectivity index (χ2v) is 3.76. The molecule has 0 radical (unpaired) electrons. The lowest BCUT2D eigenvalue weighted by Gasteiger charge is -2.30. The van der Waals surface area contributed by atoms with Gasteiger partial charge in [-0.25, -0.2) is 0 Å². The van der Waals surface area contributed by atoms with Crippen LogP contribution in [-0.4, -0.2) is 11.2 Å². The fourth-order valence-electron chi connectivity index (χ4n) is 1.92. The van der Waals surface area contributed by atoms with E-state index in [1.807, 2.05) is 0 Å². The maximum Gasteiger partial charge on any atom is 0.0570 e. The van der Waals surface area contributed by atoms with Crippen molar-refractivity contribution in [3.63, 3.8) is 0 Å². The minimum atomic E-state index is -0.00579. The first-order chi connectivity index (χ1) is 4.72. The molecule has 1 N–H and O–H groups in total. The van der Waals surface area contributed by atoms with Crippen LogP contribution in [0.3, 0.4) is 0 Å². The van der Waals surface area contributed by atoms with E-state index in [4.69, 9.17) is 0 Å². The van der Waals surface area contributed by atoms with Crippen molar-refractivity contribution in [1.82, 2.24) is 0 Å². The van der Waals surface area contributed by atoms with Gasteiger partial charge in [0.05, 0.1) is 6.10 Å². The SMILES string of the molecule is CC(C)[C@H]1CCCC[C@H]1O. The van der Waals surface area contributed by atoms with Crippen LogP contribution >= 0.6 is 0 Å². The van der Waals surface area contributed by atoms with Crippen LogP contribution in [0.25, 0.3) is 0 Å². The van der Waals surface area contributed by atoms with Crippen LogP contribution in [0.5, 0.6) is 0 Å². The Morgan fingerprint density at radius 2 is 1.80 bits per heavy atom. The van der Waals surface area contributed by atoms with Gasteiger partial charge in [0.15, 0.2) is 0 Å². The quantitative estimate of drug-likeness (QED) is 0.595. The summed E-state index contributed by atoms with van der Waals surface area (Å²) in [5, 5.41) is 9.54. The Morgan fingerprint density at radius 1 is 1.20 bits per heavy atom. The van der Waals surface area contributed by atoms with Gasteiger partial charge >= 0.3 is 0 Å². The summed E-state index contributed by atoms with van der Waals surface area (Å²) >= 11 is 0. The third kappa shape index (κ3) is 1.72. The third-order valence-corrected chi connectivity index (χ3v) is 2.64. The molecule has 1 nitrogen and oxygen atoms in total. The molecule has 0 amide bonds. The van der Waals surface area contributed by atoms with Crippen LogP contribution in [0.1, 0.15) is 39.5 Å². The zero-order chi connectivity index (χ0) is 7.56. The van der Waals surface area contributed by atoms with Crippen LogP contribution in [0.15, 0.2) is 0 Å². The zero-order valence-corrected chi connectivity index (χ0v) is 7.01. The third-order valence-electron chi connectivity index (χ3n) is 2.64. The van der Waals surface area contributed by atoms with E-state index in [1.165, 1.54) is 19.3 Å². The maximum atomic E-state index is 9.54. The second kappa shape index (κ2) is 3.38. The fourth-order valence-corrected chi connectivity index (χ4v) is 1.92. The monoisotopic (exact) mass is 142 g/mol. The molecule has 0 saturated heterocycles. The summed E-state index contributed by atoms with van der Waals surface area (Å²) in [5.41, 5.74) is 0. The van der Waals surface area contributed by atoms with Gasteiger partial charge in [0.1, 0.15) is 0 Å². The molecule has 10 heavy (non-hydrogen) atoms. The van der Waals surface area contributed by atoms with Crippen LogP contribution < -0.4 is 0 Å². The first-order valence-electron chi connectivity index (χ1n) is 4.40. The predicted octanol–water partition coefficient (Wildman–Crippen LogP) is 2.19. The van der Waals surface area contributed by atoms with Gasteiger partial charge < -0.3 is 5.11 Å². The van der Waals surface area contributed by atoms with Crippen molar-refractivity contribution in [3.8, 4) is 0 Å². The molecular weight excluding hydrogens is 124 g/mol. The Bertz CT molecular complexity index is 98.9. The van der Waals surface area contributed by atoms with Gasteiger partial charge in [-0.3, -0.25) is 0 Å². The molecule has 0 unspecified atom stereocenters. The van der Waals surface area contributed by atoms with Gasteiger partial charge in [0.2, 0.25) is 0 Å². The lowest BCUT2D eigenvalue weighted by molar-refractivity contribution is 0.0456. The highest BCUT2D eigenvalue weighted by atomic mass is 16.3. The largest absolute Gasteiger partial charge is 0.393 e. The second-order valence-electron chi connectivity index (χ2n) is 3.76. The summed E-state index contributed by atoms with van der Waals surface area (Å²) in [6.07, 6.45) is 4.81. The van der Waals surface area contributed by atoms with E-state index in [0.29, 0.717) is 11.8 Å². The number of rotatable bonds is 1. The van der Waals surface area contributed by atoms with E-state index in [-0.39, 0.29) is 6.10 Å². The zero-order valence-electron chi connectivity index (χ0n) is 7.01. The Balaban J connectivity index is 2.40. The highest BCUT2D eigenvalue weighted by molar-refractivity contribution is 4.76. The number of hydrogen-bond acceptors (Lipinski definition) is 1. The predicted molar refractivity (Wildman–Crippen MR) is 42.8 cm³/mol. The molecule has 2 atom stereocenters. The Hall–Kier alpha value is -0.0400. The standard InChI is InChI=1S/C9H18O/c1-7(2)8-5-3-4-6-9(8)10/h7-10H,3-6H2,1-2H3/t8-,9-/m1/s1. The smallest absolute Gasteiger partial charge is 0.0570 e. The first kappa shape index (κ1) is 8.06. The van der Waals surface area contributed by atoms with Crippen molar-refractivity contribution >= 4 is 0 Å². The van der Waals surface area contributed by atoms with Gasteiger partial charge in [-0.1, -0.05) is 26.7 Å². The summed E-state index contributed by atoms with van der Waals surface area (Å²) in [6.45, 7) is 4.42. The van der Waals surface area contributed by atoms with Crippen molar-refractivity contribution in [2.45, 2.75) is 45.6 Å². The molecule has 1 aliphatic carbocycles. The average Bonchev–Trinajstić information content (AvgIpc) is 1.88. The van der Waals surface area contributed by atoms with Gasteiger partial charge in [0.25, 0.3) is 0 Å². The van der Waals surface area contributed by atoms with E-state index in [2.05, 4.69) is 13.8 Å². The molecule has 1 rings (SSSR count). The van der Waals surface area contributed by atoms with Gasteiger partial charge in [-0.2, -0.15) is 0 Å².